The van der Waals surface area contributed by atoms with Crippen LogP contribution >= 0.6 is 11.8 Å². The number of carbonyl (C=O) groups excluding carboxylic acids is 1. The molecule has 0 saturated carbocycles. The number of benzene rings is 1. The van der Waals surface area contributed by atoms with E-state index < -0.39 is 5.97 Å². The summed E-state index contributed by atoms with van der Waals surface area (Å²) in [5.41, 5.74) is 1.06. The second kappa shape index (κ2) is 7.47. The molecule has 1 aromatic rings. The fraction of sp³-hybridized carbons (Fsp3) is 0.467. The molecule has 21 heavy (non-hydrogen) atoms. The van der Waals surface area contributed by atoms with Gasteiger partial charge in [-0.25, -0.2) is 0 Å². The Balaban J connectivity index is 1.94. The SMILES string of the molecule is CC1CN(C(=O)CSCC(=O)O)CC(c2ccccc2)O1. The summed E-state index contributed by atoms with van der Waals surface area (Å²) >= 11 is 1.13. The zero-order valence-electron chi connectivity index (χ0n) is 11.9. The zero-order valence-corrected chi connectivity index (χ0v) is 12.7. The molecule has 6 heteroatoms. The average Bonchev–Trinajstić information content (AvgIpc) is 2.47. The van der Waals surface area contributed by atoms with Crippen LogP contribution in [0.15, 0.2) is 30.3 Å². The van der Waals surface area contributed by atoms with Crippen molar-refractivity contribution in [2.45, 2.75) is 19.1 Å². The van der Waals surface area contributed by atoms with Crippen LogP contribution in [-0.4, -0.2) is 52.6 Å². The molecular weight excluding hydrogens is 290 g/mol. The van der Waals surface area contributed by atoms with Gasteiger partial charge in [0.2, 0.25) is 5.91 Å². The van der Waals surface area contributed by atoms with Crippen molar-refractivity contribution in [1.82, 2.24) is 4.90 Å². The lowest BCUT2D eigenvalue weighted by Gasteiger charge is -2.37. The highest BCUT2D eigenvalue weighted by Gasteiger charge is 2.29. The molecule has 1 aliphatic rings. The zero-order chi connectivity index (χ0) is 15.2. The van der Waals surface area contributed by atoms with E-state index in [0.717, 1.165) is 17.3 Å². The number of carbonyl (C=O) groups is 2. The van der Waals surface area contributed by atoms with Gasteiger partial charge in [0, 0.05) is 6.54 Å². The second-order valence-corrected chi connectivity index (χ2v) is 6.02. The van der Waals surface area contributed by atoms with E-state index >= 15 is 0 Å². The van der Waals surface area contributed by atoms with Crippen molar-refractivity contribution in [2.24, 2.45) is 0 Å². The van der Waals surface area contributed by atoms with E-state index in [4.69, 9.17) is 9.84 Å². The van der Waals surface area contributed by atoms with Crippen LogP contribution in [0.25, 0.3) is 0 Å². The Hall–Kier alpha value is -1.53. The first kappa shape index (κ1) is 15.9. The van der Waals surface area contributed by atoms with Gasteiger partial charge in [0.1, 0.15) is 6.10 Å². The van der Waals surface area contributed by atoms with Crippen LogP contribution in [0.1, 0.15) is 18.6 Å². The lowest BCUT2D eigenvalue weighted by atomic mass is 10.1. The van der Waals surface area contributed by atoms with Crippen LogP contribution in [0.2, 0.25) is 0 Å². The maximum Gasteiger partial charge on any atom is 0.313 e. The van der Waals surface area contributed by atoms with Gasteiger partial charge in [0.15, 0.2) is 0 Å². The third-order valence-corrected chi connectivity index (χ3v) is 4.14. The fourth-order valence-electron chi connectivity index (χ4n) is 2.32. The quantitative estimate of drug-likeness (QED) is 0.898. The molecule has 114 valence electrons. The van der Waals surface area contributed by atoms with Gasteiger partial charge >= 0.3 is 5.97 Å². The maximum absolute atomic E-state index is 12.2. The lowest BCUT2D eigenvalue weighted by Crippen LogP contribution is -2.46. The standard InChI is InChI=1S/C15H19NO4S/c1-11-7-16(14(17)9-21-10-15(18)19)8-13(20-11)12-5-3-2-4-6-12/h2-6,11,13H,7-10H2,1H3,(H,18,19). The van der Waals surface area contributed by atoms with Gasteiger partial charge in [-0.3, -0.25) is 9.59 Å². The van der Waals surface area contributed by atoms with E-state index in [0.29, 0.717) is 13.1 Å². The van der Waals surface area contributed by atoms with Crippen LogP contribution in [0.3, 0.4) is 0 Å². The number of nitrogens with zero attached hydrogens (tertiary/aromatic N) is 1. The molecule has 1 saturated heterocycles. The summed E-state index contributed by atoms with van der Waals surface area (Å²) in [6.45, 7) is 3.01. The topological polar surface area (TPSA) is 66.8 Å². The number of amides is 1. The average molecular weight is 309 g/mol. The molecule has 1 fully saturated rings. The number of carboxylic acid groups (broad SMARTS) is 1. The van der Waals surface area contributed by atoms with Crippen LogP contribution in [0.4, 0.5) is 0 Å². The van der Waals surface area contributed by atoms with E-state index in [1.807, 2.05) is 37.3 Å². The summed E-state index contributed by atoms with van der Waals surface area (Å²) in [6, 6.07) is 9.83. The van der Waals surface area contributed by atoms with Crippen molar-refractivity contribution in [2.75, 3.05) is 24.6 Å². The van der Waals surface area contributed by atoms with Crippen LogP contribution in [0, 0.1) is 0 Å². The molecule has 1 N–H and O–H groups in total. The summed E-state index contributed by atoms with van der Waals surface area (Å²) in [5, 5.41) is 8.60. The molecule has 1 aliphatic heterocycles. The normalized spacial score (nSPS) is 22.0. The van der Waals surface area contributed by atoms with Crippen molar-refractivity contribution in [3.05, 3.63) is 35.9 Å². The van der Waals surface area contributed by atoms with Crippen molar-refractivity contribution in [3.8, 4) is 0 Å². The van der Waals surface area contributed by atoms with Crippen molar-refractivity contribution < 1.29 is 19.4 Å². The second-order valence-electron chi connectivity index (χ2n) is 5.03. The minimum atomic E-state index is -0.898. The first-order chi connectivity index (χ1) is 10.1. The van der Waals surface area contributed by atoms with Crippen molar-refractivity contribution in [3.63, 3.8) is 0 Å². The summed E-state index contributed by atoms with van der Waals surface area (Å²) < 4.78 is 5.90. The highest BCUT2D eigenvalue weighted by Crippen LogP contribution is 2.25. The first-order valence-electron chi connectivity index (χ1n) is 6.84. The number of rotatable bonds is 5. The number of morpholine rings is 1. The Kier molecular flexibility index (Phi) is 5.64. The van der Waals surface area contributed by atoms with Crippen LogP contribution in [0.5, 0.6) is 0 Å². The molecule has 0 spiro atoms. The van der Waals surface area contributed by atoms with Gasteiger partial charge in [0.05, 0.1) is 24.2 Å². The van der Waals surface area contributed by atoms with E-state index in [1.54, 1.807) is 4.90 Å². The van der Waals surface area contributed by atoms with Crippen LogP contribution < -0.4 is 0 Å². The first-order valence-corrected chi connectivity index (χ1v) is 7.99. The van der Waals surface area contributed by atoms with Gasteiger partial charge in [-0.05, 0) is 12.5 Å². The predicted octanol–water partition coefficient (Wildman–Crippen LogP) is 1.79. The molecule has 1 amide bonds. The number of aliphatic carboxylic acids is 1. The molecule has 0 aliphatic carbocycles. The number of hydrogen-bond donors (Lipinski definition) is 1. The lowest BCUT2D eigenvalue weighted by molar-refractivity contribution is -0.142. The van der Waals surface area contributed by atoms with E-state index in [-0.39, 0.29) is 29.6 Å². The monoisotopic (exact) mass is 309 g/mol. The predicted molar refractivity (Wildman–Crippen MR) is 81.3 cm³/mol. The van der Waals surface area contributed by atoms with E-state index in [2.05, 4.69) is 0 Å². The molecule has 1 heterocycles. The van der Waals surface area contributed by atoms with E-state index in [1.165, 1.54) is 0 Å². The smallest absolute Gasteiger partial charge is 0.313 e. The summed E-state index contributed by atoms with van der Waals surface area (Å²) in [4.78, 5) is 24.4. The molecule has 5 nitrogen and oxygen atoms in total. The minimum Gasteiger partial charge on any atom is -0.481 e. The Morgan fingerprint density at radius 1 is 1.29 bits per heavy atom. The maximum atomic E-state index is 12.2. The molecule has 2 atom stereocenters. The largest absolute Gasteiger partial charge is 0.481 e. The Bertz CT molecular complexity index is 494. The fourth-order valence-corrected chi connectivity index (χ4v) is 2.96. The highest BCUT2D eigenvalue weighted by atomic mass is 32.2. The molecule has 1 aromatic carbocycles. The molecular formula is C15H19NO4S. The van der Waals surface area contributed by atoms with Crippen molar-refractivity contribution >= 4 is 23.6 Å². The third kappa shape index (κ3) is 4.75. The summed E-state index contributed by atoms with van der Waals surface area (Å²) in [7, 11) is 0. The molecule has 2 rings (SSSR count). The minimum absolute atomic E-state index is 0.0302. The number of carboxylic acids is 1. The van der Waals surface area contributed by atoms with Gasteiger partial charge in [-0.15, -0.1) is 11.8 Å². The summed E-state index contributed by atoms with van der Waals surface area (Å²) in [5.74, 6) is -0.781. The number of ether oxygens (including phenoxy) is 1. The number of hydrogen-bond acceptors (Lipinski definition) is 4. The number of thioether (sulfide) groups is 1. The summed E-state index contributed by atoms with van der Waals surface area (Å²) in [6.07, 6.45) is -0.152. The Morgan fingerprint density at radius 3 is 2.67 bits per heavy atom. The van der Waals surface area contributed by atoms with E-state index in [9.17, 15) is 9.59 Å². The molecule has 0 radical (unpaired) electrons. The van der Waals surface area contributed by atoms with Gasteiger partial charge in [0.25, 0.3) is 0 Å². The van der Waals surface area contributed by atoms with Crippen LogP contribution in [-0.2, 0) is 14.3 Å². The third-order valence-electron chi connectivity index (χ3n) is 3.24. The van der Waals surface area contributed by atoms with Crippen molar-refractivity contribution in [1.29, 1.82) is 0 Å². The van der Waals surface area contributed by atoms with Gasteiger partial charge in [-0.1, -0.05) is 30.3 Å². The highest BCUT2D eigenvalue weighted by molar-refractivity contribution is 8.00. The molecule has 2 unspecified atom stereocenters. The van der Waals surface area contributed by atoms with Gasteiger partial charge < -0.3 is 14.7 Å². The Morgan fingerprint density at radius 2 is 2.00 bits per heavy atom. The van der Waals surface area contributed by atoms with Gasteiger partial charge in [-0.2, -0.15) is 0 Å². The molecule has 0 aromatic heterocycles. The Labute approximate surface area is 128 Å². The molecule has 0 bridgehead atoms.